The third-order valence-electron chi connectivity index (χ3n) is 3.62. The minimum atomic E-state index is 0.0182. The van der Waals surface area contributed by atoms with E-state index in [1.807, 2.05) is 43.3 Å². The number of carbonyl (C=O) groups excluding carboxylic acids is 1. The predicted octanol–water partition coefficient (Wildman–Crippen LogP) is 3.36. The second-order valence-corrected chi connectivity index (χ2v) is 5.50. The molecule has 1 atom stereocenters. The summed E-state index contributed by atoms with van der Waals surface area (Å²) in [7, 11) is 1.64. The Balaban J connectivity index is 2.14. The summed E-state index contributed by atoms with van der Waals surface area (Å²) in [6, 6.07) is 20.3. The fourth-order valence-electron chi connectivity index (χ4n) is 2.61. The summed E-state index contributed by atoms with van der Waals surface area (Å²) < 4.78 is 5.06. The van der Waals surface area contributed by atoms with Gasteiger partial charge in [0, 0.05) is 25.5 Å². The molecule has 0 aliphatic carbocycles. The highest BCUT2D eigenvalue weighted by Gasteiger charge is 2.18. The molecule has 2 aromatic carbocycles. The van der Waals surface area contributed by atoms with Gasteiger partial charge in [0.25, 0.3) is 0 Å². The third kappa shape index (κ3) is 4.71. The zero-order valence-corrected chi connectivity index (χ0v) is 13.2. The number of hydrogen-bond acceptors (Lipinski definition) is 2. The molecule has 0 unspecified atom stereocenters. The summed E-state index contributed by atoms with van der Waals surface area (Å²) in [6.45, 7) is 2.47. The first-order chi connectivity index (χ1) is 10.7. The van der Waals surface area contributed by atoms with Crippen LogP contribution in [0.3, 0.4) is 0 Å². The van der Waals surface area contributed by atoms with E-state index in [0.717, 1.165) is 11.1 Å². The van der Waals surface area contributed by atoms with Gasteiger partial charge in [-0.2, -0.15) is 0 Å². The van der Waals surface area contributed by atoms with Crippen LogP contribution in [0.25, 0.3) is 0 Å². The zero-order chi connectivity index (χ0) is 15.8. The molecule has 2 rings (SSSR count). The summed E-state index contributed by atoms with van der Waals surface area (Å²) in [5.74, 6) is 0.111. The molecule has 22 heavy (non-hydrogen) atoms. The first-order valence-electron chi connectivity index (χ1n) is 7.59. The zero-order valence-electron chi connectivity index (χ0n) is 13.2. The lowest BCUT2D eigenvalue weighted by Crippen LogP contribution is -2.36. The predicted molar refractivity (Wildman–Crippen MR) is 88.8 cm³/mol. The number of methoxy groups -OCH3 is 1. The minimum absolute atomic E-state index is 0.0182. The van der Waals surface area contributed by atoms with Gasteiger partial charge >= 0.3 is 0 Å². The van der Waals surface area contributed by atoms with Gasteiger partial charge in [0.05, 0.1) is 6.61 Å². The van der Waals surface area contributed by atoms with Crippen molar-refractivity contribution in [3.8, 4) is 0 Å². The Morgan fingerprint density at radius 2 is 1.50 bits per heavy atom. The summed E-state index contributed by atoms with van der Waals surface area (Å²) in [5, 5.41) is 2.99. The number of rotatable bonds is 7. The van der Waals surface area contributed by atoms with Gasteiger partial charge < -0.3 is 10.1 Å². The maximum atomic E-state index is 12.3. The van der Waals surface area contributed by atoms with Gasteiger partial charge in [-0.3, -0.25) is 4.79 Å². The fourth-order valence-corrected chi connectivity index (χ4v) is 2.61. The van der Waals surface area contributed by atoms with Crippen molar-refractivity contribution in [1.82, 2.24) is 5.32 Å². The largest absolute Gasteiger partial charge is 0.383 e. The normalized spacial score (nSPS) is 12.1. The van der Waals surface area contributed by atoms with Crippen molar-refractivity contribution in [2.75, 3.05) is 13.7 Å². The smallest absolute Gasteiger partial charge is 0.221 e. The van der Waals surface area contributed by atoms with Crippen LogP contribution in [0, 0.1) is 0 Å². The van der Waals surface area contributed by atoms with E-state index in [9.17, 15) is 4.79 Å². The van der Waals surface area contributed by atoms with E-state index in [1.54, 1.807) is 7.11 Å². The molecule has 2 aromatic rings. The number of ether oxygens (including phenoxy) is 1. The molecule has 0 saturated heterocycles. The monoisotopic (exact) mass is 297 g/mol. The molecule has 0 aliphatic heterocycles. The molecule has 0 fully saturated rings. The van der Waals surface area contributed by atoms with Gasteiger partial charge in [-0.05, 0) is 18.1 Å². The van der Waals surface area contributed by atoms with Crippen LogP contribution in [0.5, 0.6) is 0 Å². The SMILES string of the molecule is COC[C@H](C)NC(=O)CC(c1ccccc1)c1ccccc1. The van der Waals surface area contributed by atoms with Crippen molar-refractivity contribution in [3.05, 3.63) is 71.8 Å². The summed E-state index contributed by atoms with van der Waals surface area (Å²) in [6.07, 6.45) is 0.433. The maximum Gasteiger partial charge on any atom is 0.221 e. The van der Waals surface area contributed by atoms with Crippen LogP contribution in [0.15, 0.2) is 60.7 Å². The second-order valence-electron chi connectivity index (χ2n) is 5.50. The van der Waals surface area contributed by atoms with Gasteiger partial charge in [0.15, 0.2) is 0 Å². The van der Waals surface area contributed by atoms with Crippen molar-refractivity contribution in [2.45, 2.75) is 25.3 Å². The number of nitrogens with one attached hydrogen (secondary N) is 1. The van der Waals surface area contributed by atoms with Crippen LogP contribution in [0.2, 0.25) is 0 Å². The lowest BCUT2D eigenvalue weighted by Gasteiger charge is -2.19. The van der Waals surface area contributed by atoms with Crippen LogP contribution in [0.4, 0.5) is 0 Å². The molecule has 116 valence electrons. The van der Waals surface area contributed by atoms with Crippen molar-refractivity contribution in [3.63, 3.8) is 0 Å². The molecule has 0 saturated carbocycles. The van der Waals surface area contributed by atoms with Crippen molar-refractivity contribution in [1.29, 1.82) is 0 Å². The third-order valence-corrected chi connectivity index (χ3v) is 3.62. The van der Waals surface area contributed by atoms with Crippen LogP contribution < -0.4 is 5.32 Å². The summed E-state index contributed by atoms with van der Waals surface area (Å²) in [4.78, 5) is 12.3. The average molecular weight is 297 g/mol. The van der Waals surface area contributed by atoms with Gasteiger partial charge in [-0.25, -0.2) is 0 Å². The standard InChI is InChI=1S/C19H23NO2/c1-15(14-22-2)20-19(21)13-18(16-9-5-3-6-10-16)17-11-7-4-8-12-17/h3-12,15,18H,13-14H2,1-2H3,(H,20,21)/t15-/m0/s1. The molecule has 3 heteroatoms. The minimum Gasteiger partial charge on any atom is -0.383 e. The van der Waals surface area contributed by atoms with Crippen molar-refractivity contribution in [2.24, 2.45) is 0 Å². The lowest BCUT2D eigenvalue weighted by molar-refractivity contribution is -0.122. The van der Waals surface area contributed by atoms with Crippen LogP contribution >= 0.6 is 0 Å². The first-order valence-corrected chi connectivity index (χ1v) is 7.59. The van der Waals surface area contributed by atoms with Gasteiger partial charge in [-0.1, -0.05) is 60.7 Å². The number of hydrogen-bond donors (Lipinski definition) is 1. The highest BCUT2D eigenvalue weighted by Crippen LogP contribution is 2.27. The average Bonchev–Trinajstić information content (AvgIpc) is 2.54. The van der Waals surface area contributed by atoms with Crippen LogP contribution in [-0.2, 0) is 9.53 Å². The van der Waals surface area contributed by atoms with E-state index >= 15 is 0 Å². The molecule has 0 radical (unpaired) electrons. The van der Waals surface area contributed by atoms with E-state index in [2.05, 4.69) is 29.6 Å². The van der Waals surface area contributed by atoms with E-state index < -0.39 is 0 Å². The Labute approximate surface area is 132 Å². The quantitative estimate of drug-likeness (QED) is 0.851. The van der Waals surface area contributed by atoms with Gasteiger partial charge in [-0.15, -0.1) is 0 Å². The second kappa shape index (κ2) is 8.35. The molecular formula is C19H23NO2. The summed E-state index contributed by atoms with van der Waals surface area (Å²) >= 11 is 0. The number of benzene rings is 2. The number of amides is 1. The fraction of sp³-hybridized carbons (Fsp3) is 0.316. The molecular weight excluding hydrogens is 274 g/mol. The Hall–Kier alpha value is -2.13. The van der Waals surface area contributed by atoms with E-state index in [4.69, 9.17) is 4.74 Å². The van der Waals surface area contributed by atoms with Crippen molar-refractivity contribution < 1.29 is 9.53 Å². The lowest BCUT2D eigenvalue weighted by atomic mass is 9.88. The molecule has 3 nitrogen and oxygen atoms in total. The summed E-state index contributed by atoms with van der Waals surface area (Å²) in [5.41, 5.74) is 2.31. The molecule has 0 spiro atoms. The topological polar surface area (TPSA) is 38.3 Å². The Kier molecular flexibility index (Phi) is 6.16. The number of carbonyl (C=O) groups is 1. The van der Waals surface area contributed by atoms with Crippen molar-refractivity contribution >= 4 is 5.91 Å². The maximum absolute atomic E-state index is 12.3. The molecule has 0 bridgehead atoms. The highest BCUT2D eigenvalue weighted by molar-refractivity contribution is 5.77. The Morgan fingerprint density at radius 3 is 1.95 bits per heavy atom. The highest BCUT2D eigenvalue weighted by atomic mass is 16.5. The Bertz CT molecular complexity index is 529. The molecule has 1 N–H and O–H groups in total. The van der Waals surface area contributed by atoms with Gasteiger partial charge in [0.1, 0.15) is 0 Å². The Morgan fingerprint density at radius 1 is 1.00 bits per heavy atom. The molecule has 0 aromatic heterocycles. The van der Waals surface area contributed by atoms with Crippen LogP contribution in [-0.4, -0.2) is 25.7 Å². The molecule has 0 aliphatic rings. The van der Waals surface area contributed by atoms with Crippen LogP contribution in [0.1, 0.15) is 30.4 Å². The first kappa shape index (κ1) is 16.2. The van der Waals surface area contributed by atoms with E-state index in [0.29, 0.717) is 13.0 Å². The molecule has 0 heterocycles. The van der Waals surface area contributed by atoms with Gasteiger partial charge in [0.2, 0.25) is 5.91 Å². The van der Waals surface area contributed by atoms with E-state index in [1.165, 1.54) is 0 Å². The van der Waals surface area contributed by atoms with E-state index in [-0.39, 0.29) is 17.9 Å². The molecule has 1 amide bonds.